The topological polar surface area (TPSA) is 285 Å². The van der Waals surface area contributed by atoms with E-state index in [1.54, 1.807) is 44.9 Å². The Morgan fingerprint density at radius 1 is 0.904 bits per heavy atom. The Kier molecular flexibility index (Phi) is 22.5. The third kappa shape index (κ3) is 14.5. The van der Waals surface area contributed by atoms with Crippen molar-refractivity contribution >= 4 is 40.3 Å². The zero-order valence-corrected chi connectivity index (χ0v) is 44.6. The van der Waals surface area contributed by atoms with E-state index < -0.39 is 88.8 Å². The summed E-state index contributed by atoms with van der Waals surface area (Å²) in [4.78, 5) is 42.6. The number of benzene rings is 2. The summed E-state index contributed by atoms with van der Waals surface area (Å²) in [6.45, 7) is 21.2. The van der Waals surface area contributed by atoms with Gasteiger partial charge in [-0.15, -0.1) is 0 Å². The predicted octanol–water partition coefficient (Wildman–Crippen LogP) is 4.04. The number of allylic oxidation sites excluding steroid dienone is 2. The Balaban J connectivity index is 0.000000717. The molecule has 20 nitrogen and oxygen atoms in total. The molecule has 73 heavy (non-hydrogen) atoms. The molecule has 6 rings (SSSR count). The van der Waals surface area contributed by atoms with Crippen molar-refractivity contribution in [1.82, 2.24) is 20.5 Å². The molecule has 0 radical (unpaired) electrons. The van der Waals surface area contributed by atoms with Crippen LogP contribution in [-0.4, -0.2) is 178 Å². The van der Waals surface area contributed by atoms with Crippen LogP contribution in [0.25, 0.3) is 10.8 Å². The summed E-state index contributed by atoms with van der Waals surface area (Å²) in [6, 6.07) is 0.400. The summed E-state index contributed by atoms with van der Waals surface area (Å²) < 4.78 is 23.6. The lowest BCUT2D eigenvalue weighted by molar-refractivity contribution is -0.160. The van der Waals surface area contributed by atoms with E-state index in [4.69, 9.17) is 29.2 Å². The van der Waals surface area contributed by atoms with Crippen LogP contribution in [0, 0.1) is 30.6 Å². The number of nitrogens with one attached hydrogen (secondary N) is 3. The van der Waals surface area contributed by atoms with Gasteiger partial charge in [0, 0.05) is 113 Å². The van der Waals surface area contributed by atoms with Crippen LogP contribution in [0.5, 0.6) is 23.0 Å². The van der Waals surface area contributed by atoms with Gasteiger partial charge in [-0.1, -0.05) is 59.8 Å². The molecular formula is C53H82N6O14. The summed E-state index contributed by atoms with van der Waals surface area (Å²) in [6.07, 6.45) is 6.74. The van der Waals surface area contributed by atoms with Crippen LogP contribution in [0.1, 0.15) is 96.6 Å². The van der Waals surface area contributed by atoms with Gasteiger partial charge in [0.1, 0.15) is 23.4 Å². The average molecular weight is 1030 g/mol. The molecule has 0 spiro atoms. The van der Waals surface area contributed by atoms with Crippen LogP contribution in [0.4, 0.5) is 5.69 Å². The number of likely N-dealkylation sites (N-methyl/N-ethyl adjacent to an activating group) is 1. The molecule has 408 valence electrons. The molecule has 0 aliphatic carbocycles. The number of carbonyl (C=O) groups excluding carboxylic acids is 3. The Morgan fingerprint density at radius 2 is 1.51 bits per heavy atom. The van der Waals surface area contributed by atoms with E-state index in [1.807, 2.05) is 20.9 Å². The molecule has 0 unspecified atom stereocenters. The molecule has 1 amide bonds. The maximum absolute atomic E-state index is 14.4. The third-order valence-electron chi connectivity index (χ3n) is 14.3. The van der Waals surface area contributed by atoms with Crippen LogP contribution in [0.2, 0.25) is 0 Å². The number of aliphatic hydroxyl groups excluding tert-OH is 4. The number of hydrogen-bond donors (Lipinski definition) is 10. The molecule has 5 bridgehead atoms. The molecule has 11 atom stereocenters. The second-order valence-corrected chi connectivity index (χ2v) is 19.6. The van der Waals surface area contributed by atoms with Crippen LogP contribution < -0.4 is 20.7 Å². The molecule has 0 aromatic heterocycles. The number of piperazine rings is 1. The maximum Gasteiger partial charge on any atom is 0.312 e. The Hall–Kier alpha value is -5.32. The monoisotopic (exact) mass is 1030 g/mol. The zero-order chi connectivity index (χ0) is 54.5. The van der Waals surface area contributed by atoms with Gasteiger partial charge in [-0.3, -0.25) is 19.4 Å². The lowest BCUT2D eigenvalue weighted by atomic mass is 9.78. The quantitative estimate of drug-likeness (QED) is 0.0445. The molecule has 0 saturated carbocycles. The first-order valence-electron chi connectivity index (χ1n) is 25.3. The summed E-state index contributed by atoms with van der Waals surface area (Å²) in [5, 5.41) is 91.1. The number of fused-ring (bicyclic) bond motifs is 14. The number of aliphatic hydroxyl groups is 4. The van der Waals surface area contributed by atoms with E-state index in [2.05, 4.69) is 26.0 Å². The second-order valence-electron chi connectivity index (χ2n) is 19.6. The minimum Gasteiger partial charge on any atom is -0.507 e. The number of nitrogens with zero attached hydrogens (tertiary/aromatic N) is 3. The van der Waals surface area contributed by atoms with Crippen LogP contribution in [0.15, 0.2) is 41.2 Å². The van der Waals surface area contributed by atoms with E-state index >= 15 is 0 Å². The second kappa shape index (κ2) is 27.3. The van der Waals surface area contributed by atoms with Crippen molar-refractivity contribution in [2.75, 3.05) is 72.0 Å². The zero-order valence-electron chi connectivity index (χ0n) is 44.6. The lowest BCUT2D eigenvalue weighted by Crippen LogP contribution is -2.46. The Labute approximate surface area is 429 Å². The van der Waals surface area contributed by atoms with E-state index in [0.717, 1.165) is 39.0 Å². The van der Waals surface area contributed by atoms with Gasteiger partial charge in [0.15, 0.2) is 5.75 Å². The summed E-state index contributed by atoms with van der Waals surface area (Å²) in [5.41, 5.74) is -0.350. The van der Waals surface area contributed by atoms with E-state index in [-0.39, 0.29) is 69.8 Å². The average Bonchev–Trinajstić information content (AvgIpc) is 3.63. The number of anilines is 1. The number of hydrogen-bond acceptors (Lipinski definition) is 19. The number of ether oxygens (including phenoxy) is 4. The molecule has 1 saturated heterocycles. The maximum atomic E-state index is 14.4. The Morgan fingerprint density at radius 3 is 2.05 bits per heavy atom. The van der Waals surface area contributed by atoms with E-state index in [9.17, 15) is 39.9 Å². The molecule has 20 heteroatoms. The minimum absolute atomic E-state index is 0.0559. The molecule has 4 aliphatic rings. The van der Waals surface area contributed by atoms with Crippen molar-refractivity contribution in [1.29, 1.82) is 0 Å². The van der Waals surface area contributed by atoms with Crippen molar-refractivity contribution in [3.8, 4) is 23.0 Å². The number of aromatic hydroxyl groups is 3. The standard InChI is InChI=1S/C43H58N4O12.C10H24N2O2/c1-21-12-11-13-22(2)42(55)45-33-28(20-44-47-17-15-46(9)16-18-47)37(52)30-31(38(33)53)36(51)26(6)40-32(30)41(54)43(8,59-40)57-19-14-29(56-10)23(3)39(58-27(7)48)25(5)35(50)24(4)34(21)49;1-3-9(7-13)11-5-6-12-10(4-2)8-14/h11-14,19-21,23-25,29,34-35,39,49-53H,15-18H2,1-10H3,(H,45,55);9-14H,3-8H2,1-2H3/b12-11+,19-14+,22-13-,44-20-;/t21-,23-,24-,25-,29+,34+,35+,39-,43+;9-,10-/m10/s1. The number of phenolic OH excluding ortho intramolecular Hbond substituents is 3. The number of methoxy groups -OCH3 is 1. The van der Waals surface area contributed by atoms with Crippen molar-refractivity contribution in [2.24, 2.45) is 28.8 Å². The number of amides is 1. The van der Waals surface area contributed by atoms with Gasteiger partial charge in [-0.2, -0.15) is 5.10 Å². The number of hydrazone groups is 1. The molecule has 2 aromatic carbocycles. The third-order valence-corrected chi connectivity index (χ3v) is 14.3. The lowest BCUT2D eigenvalue weighted by Gasteiger charge is -2.38. The number of rotatable bonds is 13. The predicted molar refractivity (Wildman–Crippen MR) is 279 cm³/mol. The van der Waals surface area contributed by atoms with E-state index in [0.29, 0.717) is 13.1 Å². The van der Waals surface area contributed by atoms with Gasteiger partial charge in [-0.05, 0) is 39.8 Å². The van der Waals surface area contributed by atoms with Gasteiger partial charge in [0.05, 0.1) is 66.2 Å². The van der Waals surface area contributed by atoms with Crippen LogP contribution in [0.3, 0.4) is 0 Å². The fourth-order valence-electron chi connectivity index (χ4n) is 9.15. The van der Waals surface area contributed by atoms with Gasteiger partial charge in [0.2, 0.25) is 0 Å². The number of carbonyl (C=O) groups is 3. The van der Waals surface area contributed by atoms with E-state index in [1.165, 1.54) is 59.4 Å². The fraction of sp³-hybridized carbons (Fsp3) is 0.623. The highest BCUT2D eigenvalue weighted by Crippen LogP contribution is 2.55. The highest BCUT2D eigenvalue weighted by atomic mass is 16.7. The number of esters is 1. The van der Waals surface area contributed by atoms with Crippen molar-refractivity contribution in [3.63, 3.8) is 0 Å². The summed E-state index contributed by atoms with van der Waals surface area (Å²) >= 11 is 0. The summed E-state index contributed by atoms with van der Waals surface area (Å²) in [7, 11) is 3.42. The molecule has 4 heterocycles. The number of phenols is 3. The first-order chi connectivity index (χ1) is 34.5. The van der Waals surface area contributed by atoms with Gasteiger partial charge >= 0.3 is 11.8 Å². The smallest absolute Gasteiger partial charge is 0.312 e. The molecule has 2 aromatic rings. The summed E-state index contributed by atoms with van der Waals surface area (Å²) in [5.74, 6) is -8.34. The van der Waals surface area contributed by atoms with Crippen molar-refractivity contribution in [3.05, 3.63) is 52.8 Å². The molecule has 1 fully saturated rings. The largest absolute Gasteiger partial charge is 0.507 e. The van der Waals surface area contributed by atoms with Crippen LogP contribution in [-0.2, 0) is 23.8 Å². The first kappa shape index (κ1) is 60.2. The SMILES string of the molecule is CC[C@@H](CO)NCCN[C@@H](CC)CO.CO[C@H]1/C=C/O[C@@]2(C)Oc3c(C)c(O)c4c(O)c(c(/C=N\N5CCN(C)CC5)c(O)c4c3C2=O)NC(=O)/C(C)=C\C=C\[C@@H](C)[C@H](O)[C@@H](C)[C@H](O)[C@@H](C)[C@H](OC(C)=O)[C@@H]1C. The van der Waals surface area contributed by atoms with Gasteiger partial charge < -0.3 is 75.5 Å². The van der Waals surface area contributed by atoms with Crippen LogP contribution >= 0.6 is 0 Å². The highest BCUT2D eigenvalue weighted by Gasteiger charge is 2.50. The van der Waals surface area contributed by atoms with Crippen molar-refractivity contribution in [2.45, 2.75) is 124 Å². The molecule has 10 N–H and O–H groups in total. The van der Waals surface area contributed by atoms with Gasteiger partial charge in [-0.25, -0.2) is 0 Å². The highest BCUT2D eigenvalue weighted by molar-refractivity contribution is 6.23. The normalized spacial score (nSPS) is 28.9. The molecule has 4 aliphatic heterocycles. The molecular weight excluding hydrogens is 945 g/mol. The fourth-order valence-corrected chi connectivity index (χ4v) is 9.15. The first-order valence-corrected chi connectivity index (χ1v) is 25.3. The number of Topliss-reactive ketones (excluding diaryl/α,β-unsaturated/α-hetero) is 1. The van der Waals surface area contributed by atoms with Gasteiger partial charge in [0.25, 0.3) is 11.7 Å². The minimum atomic E-state index is -2.04. The van der Waals surface area contributed by atoms with Crippen molar-refractivity contribution < 1.29 is 69.1 Å². The number of ketones is 1. The Bertz CT molecular complexity index is 2310.